The molecule has 4 rings (SSSR count). The fraction of sp³-hybridized carbons (Fsp3) is 0.286. The van der Waals surface area contributed by atoms with Gasteiger partial charge in [0.2, 0.25) is 0 Å². The molecule has 0 aliphatic carbocycles. The van der Waals surface area contributed by atoms with E-state index >= 15 is 0 Å². The molecule has 1 aromatic carbocycles. The molecule has 0 amide bonds. The lowest BCUT2D eigenvalue weighted by molar-refractivity contribution is 0.387. The van der Waals surface area contributed by atoms with Gasteiger partial charge in [-0.3, -0.25) is 0 Å². The topological polar surface area (TPSA) is 125 Å². The molecule has 9 heteroatoms. The minimum absolute atomic E-state index is 0.0100. The number of benzene rings is 1. The lowest BCUT2D eigenvalue weighted by Gasteiger charge is -2.12. The monoisotopic (exact) mass is 399 g/mol. The van der Waals surface area contributed by atoms with Crippen molar-refractivity contribution in [3.63, 3.8) is 0 Å². The summed E-state index contributed by atoms with van der Waals surface area (Å²) in [5.74, 6) is 1.14. The maximum atomic E-state index is 9.47. The van der Waals surface area contributed by atoms with Gasteiger partial charge in [0.25, 0.3) is 0 Å². The maximum absolute atomic E-state index is 9.47. The number of nitrogens with two attached hydrogens (primary N) is 1. The minimum atomic E-state index is -0.0184. The molecule has 2 N–H and O–H groups in total. The third-order valence-electron chi connectivity index (χ3n) is 5.09. The van der Waals surface area contributed by atoms with Crippen molar-refractivity contribution in [1.82, 2.24) is 29.0 Å². The summed E-state index contributed by atoms with van der Waals surface area (Å²) in [4.78, 5) is 15.8. The van der Waals surface area contributed by atoms with Crippen LogP contribution in [0.3, 0.4) is 0 Å². The zero-order valence-electron chi connectivity index (χ0n) is 17.1. The molecule has 0 radical (unpaired) electrons. The molecule has 9 nitrogen and oxygen atoms in total. The van der Waals surface area contributed by atoms with Crippen molar-refractivity contribution >= 4 is 28.0 Å². The molecule has 30 heavy (non-hydrogen) atoms. The quantitative estimate of drug-likeness (QED) is 0.546. The number of rotatable bonds is 5. The summed E-state index contributed by atoms with van der Waals surface area (Å²) < 4.78 is 3.92. The van der Waals surface area contributed by atoms with Crippen LogP contribution in [0.2, 0.25) is 0 Å². The number of nitrogen functional groups attached to an aromatic ring is 1. The fourth-order valence-corrected chi connectivity index (χ4v) is 3.64. The van der Waals surface area contributed by atoms with Crippen LogP contribution in [0.15, 0.2) is 24.3 Å². The van der Waals surface area contributed by atoms with Gasteiger partial charge in [-0.25, -0.2) is 15.0 Å². The standard InChI is InChI=1S/C21H21N9/c1-4-29-16-8-6-5-7-13(16)26-20(29)17-18-21(27-15(12-23)14(11-22)25-18)30(19(17)24)10-9-28(2)3/h5-8H,4,9-10,24H2,1-3H3. The van der Waals surface area contributed by atoms with E-state index in [0.29, 0.717) is 41.5 Å². The molecule has 150 valence electrons. The van der Waals surface area contributed by atoms with E-state index in [2.05, 4.69) is 14.5 Å². The zero-order valence-corrected chi connectivity index (χ0v) is 17.1. The lowest BCUT2D eigenvalue weighted by atomic mass is 10.2. The Morgan fingerprint density at radius 2 is 1.73 bits per heavy atom. The van der Waals surface area contributed by atoms with Crippen molar-refractivity contribution in [2.24, 2.45) is 0 Å². The molecule has 0 aliphatic rings. The Morgan fingerprint density at radius 1 is 1.03 bits per heavy atom. The number of hydrogen-bond donors (Lipinski definition) is 1. The number of nitrogens with zero attached hydrogens (tertiary/aromatic N) is 8. The van der Waals surface area contributed by atoms with E-state index in [-0.39, 0.29) is 11.4 Å². The van der Waals surface area contributed by atoms with Gasteiger partial charge in [0.1, 0.15) is 29.3 Å². The molecular weight excluding hydrogens is 378 g/mol. The lowest BCUT2D eigenvalue weighted by Crippen LogP contribution is -2.19. The van der Waals surface area contributed by atoms with Crippen LogP contribution in [-0.2, 0) is 13.1 Å². The average molecular weight is 399 g/mol. The van der Waals surface area contributed by atoms with E-state index in [1.165, 1.54) is 0 Å². The van der Waals surface area contributed by atoms with Crippen LogP contribution in [0.4, 0.5) is 5.82 Å². The van der Waals surface area contributed by atoms with Crippen molar-refractivity contribution in [3.8, 4) is 23.5 Å². The van der Waals surface area contributed by atoms with E-state index in [1.54, 1.807) is 0 Å². The first-order valence-corrected chi connectivity index (χ1v) is 9.60. The summed E-state index contributed by atoms with van der Waals surface area (Å²) in [6, 6.07) is 11.8. The summed E-state index contributed by atoms with van der Waals surface area (Å²) in [5.41, 5.74) is 10.0. The van der Waals surface area contributed by atoms with E-state index in [0.717, 1.165) is 17.6 Å². The highest BCUT2D eigenvalue weighted by Crippen LogP contribution is 2.36. The van der Waals surface area contributed by atoms with E-state index in [1.807, 2.05) is 66.9 Å². The molecule has 0 unspecified atom stereocenters. The predicted molar refractivity (Wildman–Crippen MR) is 114 cm³/mol. The predicted octanol–water partition coefficient (Wildman–Crippen LogP) is 2.36. The van der Waals surface area contributed by atoms with Crippen LogP contribution in [0.5, 0.6) is 0 Å². The molecule has 3 aromatic heterocycles. The molecule has 0 spiro atoms. The highest BCUT2D eigenvalue weighted by molar-refractivity contribution is 5.99. The van der Waals surface area contributed by atoms with Gasteiger partial charge in [-0.15, -0.1) is 0 Å². The fourth-order valence-electron chi connectivity index (χ4n) is 3.64. The van der Waals surface area contributed by atoms with Gasteiger partial charge >= 0.3 is 0 Å². The summed E-state index contributed by atoms with van der Waals surface area (Å²) in [6.45, 7) is 4.02. The number of fused-ring (bicyclic) bond motifs is 2. The van der Waals surface area contributed by atoms with E-state index < -0.39 is 0 Å². The summed E-state index contributed by atoms with van der Waals surface area (Å²) in [5, 5.41) is 18.9. The smallest absolute Gasteiger partial charge is 0.179 e. The number of aryl methyl sites for hydroxylation is 1. The van der Waals surface area contributed by atoms with Crippen molar-refractivity contribution in [1.29, 1.82) is 10.5 Å². The Kier molecular flexibility index (Phi) is 4.82. The first kappa shape index (κ1) is 19.4. The maximum Gasteiger partial charge on any atom is 0.179 e. The molecule has 0 saturated heterocycles. The number of para-hydroxylation sites is 2. The highest BCUT2D eigenvalue weighted by Gasteiger charge is 2.25. The van der Waals surface area contributed by atoms with Crippen molar-refractivity contribution in [3.05, 3.63) is 35.7 Å². The normalized spacial score (nSPS) is 11.3. The number of likely N-dealkylation sites (N-methyl/N-ethyl adjacent to an activating group) is 1. The average Bonchev–Trinajstić information content (AvgIpc) is 3.24. The van der Waals surface area contributed by atoms with Crippen LogP contribution in [-0.4, -0.2) is 49.6 Å². The third kappa shape index (κ3) is 2.93. The Balaban J connectivity index is 2.09. The first-order valence-electron chi connectivity index (χ1n) is 9.60. The van der Waals surface area contributed by atoms with Gasteiger partial charge in [-0.1, -0.05) is 12.1 Å². The second kappa shape index (κ2) is 7.47. The molecular formula is C21H21N9. The molecule has 0 fully saturated rings. The second-order valence-electron chi connectivity index (χ2n) is 7.20. The largest absolute Gasteiger partial charge is 0.384 e. The van der Waals surface area contributed by atoms with Gasteiger partial charge in [0.15, 0.2) is 17.0 Å². The van der Waals surface area contributed by atoms with Crippen molar-refractivity contribution in [2.75, 3.05) is 26.4 Å². The van der Waals surface area contributed by atoms with Crippen LogP contribution in [0, 0.1) is 22.7 Å². The van der Waals surface area contributed by atoms with Crippen LogP contribution in [0.25, 0.3) is 33.6 Å². The molecule has 0 aliphatic heterocycles. The van der Waals surface area contributed by atoms with Gasteiger partial charge in [0.05, 0.1) is 16.6 Å². The molecule has 0 saturated carbocycles. The number of anilines is 1. The Hall–Kier alpha value is -3.95. The van der Waals surface area contributed by atoms with E-state index in [4.69, 9.17) is 10.7 Å². The van der Waals surface area contributed by atoms with Gasteiger partial charge in [-0.05, 0) is 33.2 Å². The molecule has 4 aromatic rings. The number of hydrogen-bond acceptors (Lipinski definition) is 7. The Bertz CT molecular complexity index is 1350. The Labute approximate surface area is 173 Å². The van der Waals surface area contributed by atoms with Crippen molar-refractivity contribution in [2.45, 2.75) is 20.0 Å². The highest BCUT2D eigenvalue weighted by atomic mass is 15.2. The van der Waals surface area contributed by atoms with Gasteiger partial charge < -0.3 is 19.8 Å². The summed E-state index contributed by atoms with van der Waals surface area (Å²) in [6.07, 6.45) is 0. The first-order chi connectivity index (χ1) is 14.5. The van der Waals surface area contributed by atoms with E-state index in [9.17, 15) is 10.5 Å². The number of aromatic nitrogens is 5. The SMILES string of the molecule is CCn1c(-c2c(N)n(CCN(C)C)c3nc(C#N)c(C#N)nc23)nc2ccccc21. The minimum Gasteiger partial charge on any atom is -0.384 e. The number of nitriles is 2. The van der Waals surface area contributed by atoms with Crippen LogP contribution in [0.1, 0.15) is 18.3 Å². The van der Waals surface area contributed by atoms with Crippen LogP contribution < -0.4 is 5.73 Å². The molecule has 0 bridgehead atoms. The molecule has 0 atom stereocenters. The second-order valence-corrected chi connectivity index (χ2v) is 7.20. The third-order valence-corrected chi connectivity index (χ3v) is 5.09. The zero-order chi connectivity index (χ0) is 21.4. The number of imidazole rings is 1. The van der Waals surface area contributed by atoms with Gasteiger partial charge in [-0.2, -0.15) is 10.5 Å². The van der Waals surface area contributed by atoms with Crippen LogP contribution >= 0.6 is 0 Å². The molecule has 3 heterocycles. The summed E-state index contributed by atoms with van der Waals surface area (Å²) >= 11 is 0. The summed E-state index contributed by atoms with van der Waals surface area (Å²) in [7, 11) is 3.94. The van der Waals surface area contributed by atoms with Gasteiger partial charge in [0, 0.05) is 19.6 Å². The van der Waals surface area contributed by atoms with Crippen molar-refractivity contribution < 1.29 is 0 Å². The Morgan fingerprint density at radius 3 is 2.40 bits per heavy atom.